The van der Waals surface area contributed by atoms with Crippen LogP contribution >= 0.6 is 23.4 Å². The number of carboxylic acid groups (broad SMARTS) is 1. The molecule has 0 aromatic heterocycles. The van der Waals surface area contributed by atoms with Gasteiger partial charge in [0.25, 0.3) is 0 Å². The van der Waals surface area contributed by atoms with E-state index in [-0.39, 0.29) is 0 Å². The van der Waals surface area contributed by atoms with Gasteiger partial charge in [-0.15, -0.1) is 11.8 Å². The van der Waals surface area contributed by atoms with Crippen LogP contribution in [0.25, 0.3) is 17.2 Å². The van der Waals surface area contributed by atoms with Crippen LogP contribution in [0, 0.1) is 5.92 Å². The van der Waals surface area contributed by atoms with Gasteiger partial charge in [-0.05, 0) is 88.8 Å². The predicted octanol–water partition coefficient (Wildman–Crippen LogP) is 7.82. The number of halogens is 2. The maximum Gasteiger partial charge on any atom is 0.328 e. The van der Waals surface area contributed by atoms with Crippen molar-refractivity contribution in [3.8, 4) is 0 Å². The molecule has 0 amide bonds. The van der Waals surface area contributed by atoms with E-state index in [1.54, 1.807) is 17.8 Å². The zero-order valence-electron chi connectivity index (χ0n) is 19.7. The van der Waals surface area contributed by atoms with Gasteiger partial charge in [-0.1, -0.05) is 54.4 Å². The molecule has 1 heterocycles. The number of hydrazine groups is 1. The molecule has 3 aromatic carbocycles. The zero-order chi connectivity index (χ0) is 25.2. The Bertz CT molecular complexity index is 1370. The van der Waals surface area contributed by atoms with Crippen molar-refractivity contribution in [1.29, 1.82) is 0 Å². The van der Waals surface area contributed by atoms with Crippen LogP contribution in [0.5, 0.6) is 0 Å². The van der Waals surface area contributed by atoms with Crippen LogP contribution in [-0.4, -0.2) is 17.3 Å². The first-order chi connectivity index (χ1) is 17.4. The van der Waals surface area contributed by atoms with E-state index in [4.69, 9.17) is 16.7 Å². The summed E-state index contributed by atoms with van der Waals surface area (Å²) in [5.74, 6) is -0.647. The molecule has 1 aliphatic carbocycles. The van der Waals surface area contributed by atoms with Crippen molar-refractivity contribution in [2.45, 2.75) is 30.5 Å². The molecular weight excluding hydrogens is 495 g/mol. The number of benzene rings is 3. The molecule has 3 N–H and O–H groups in total. The molecule has 1 aliphatic heterocycles. The number of rotatable bonds is 7. The number of anilines is 1. The number of allylic oxidation sites excluding steroid dienone is 1. The first kappa shape index (κ1) is 24.6. The molecule has 36 heavy (non-hydrogen) atoms. The largest absolute Gasteiger partial charge is 0.478 e. The van der Waals surface area contributed by atoms with E-state index in [9.17, 15) is 9.18 Å². The van der Waals surface area contributed by atoms with Crippen LogP contribution in [0.3, 0.4) is 0 Å². The summed E-state index contributed by atoms with van der Waals surface area (Å²) >= 11 is 8.52. The first-order valence-corrected chi connectivity index (χ1v) is 13.4. The highest BCUT2D eigenvalue weighted by Gasteiger charge is 2.30. The van der Waals surface area contributed by atoms with Gasteiger partial charge in [0.05, 0.1) is 5.69 Å². The smallest absolute Gasteiger partial charge is 0.328 e. The highest BCUT2D eigenvalue weighted by molar-refractivity contribution is 7.98. The third-order valence-electron chi connectivity index (χ3n) is 6.81. The Morgan fingerprint density at radius 3 is 2.47 bits per heavy atom. The van der Waals surface area contributed by atoms with Crippen LogP contribution in [0.1, 0.15) is 53.4 Å². The molecule has 1 saturated carbocycles. The Hall–Kier alpha value is -3.06. The summed E-state index contributed by atoms with van der Waals surface area (Å²) in [5, 5.41) is 9.68. The summed E-state index contributed by atoms with van der Waals surface area (Å²) in [6.45, 7) is 0. The highest BCUT2D eigenvalue weighted by Crippen LogP contribution is 2.48. The van der Waals surface area contributed by atoms with Crippen LogP contribution < -0.4 is 10.9 Å². The Kier molecular flexibility index (Phi) is 7.19. The maximum absolute atomic E-state index is 14.6. The monoisotopic (exact) mass is 520 g/mol. The molecule has 1 atom stereocenters. The SMILES string of the molecule is CSc1ccc(/C(=C(\c2ccc(/C=C/C(=O)O)cc2)c2ccc3c(c2)C(F)NN3)C2CCC2)c(Cl)c1. The Balaban J connectivity index is 1.73. The third-order valence-corrected chi connectivity index (χ3v) is 7.85. The van der Waals surface area contributed by atoms with Gasteiger partial charge in [-0.2, -0.15) is 0 Å². The molecular formula is C29H26ClFN2O2S. The van der Waals surface area contributed by atoms with Gasteiger partial charge in [0.2, 0.25) is 0 Å². The second-order valence-electron chi connectivity index (χ2n) is 8.99. The summed E-state index contributed by atoms with van der Waals surface area (Å²) in [6, 6.07) is 19.8. The molecule has 0 radical (unpaired) electrons. The number of carbonyl (C=O) groups is 1. The number of carboxylic acids is 1. The molecule has 2 aliphatic rings. The first-order valence-electron chi connectivity index (χ1n) is 11.8. The minimum Gasteiger partial charge on any atom is -0.478 e. The van der Waals surface area contributed by atoms with Gasteiger partial charge in [0.1, 0.15) is 0 Å². The fourth-order valence-corrected chi connectivity index (χ4v) is 5.55. The van der Waals surface area contributed by atoms with Gasteiger partial charge >= 0.3 is 5.97 Å². The third kappa shape index (κ3) is 4.94. The quantitative estimate of drug-likeness (QED) is 0.128. The summed E-state index contributed by atoms with van der Waals surface area (Å²) < 4.78 is 14.6. The van der Waals surface area contributed by atoms with Crippen molar-refractivity contribution in [3.63, 3.8) is 0 Å². The average Bonchev–Trinajstić information content (AvgIpc) is 3.22. The van der Waals surface area contributed by atoms with E-state index in [1.807, 2.05) is 54.8 Å². The van der Waals surface area contributed by atoms with E-state index in [0.29, 0.717) is 16.5 Å². The van der Waals surface area contributed by atoms with E-state index in [1.165, 1.54) is 5.57 Å². The number of thioether (sulfide) groups is 1. The van der Waals surface area contributed by atoms with Crippen LogP contribution in [0.15, 0.2) is 71.6 Å². The Morgan fingerprint density at radius 2 is 1.83 bits per heavy atom. The summed E-state index contributed by atoms with van der Waals surface area (Å²) in [7, 11) is 0. The molecule has 5 rings (SSSR count). The lowest BCUT2D eigenvalue weighted by Gasteiger charge is -2.32. The number of hydrogen-bond acceptors (Lipinski definition) is 4. The van der Waals surface area contributed by atoms with Crippen molar-refractivity contribution < 1.29 is 14.3 Å². The molecule has 7 heteroatoms. The summed E-state index contributed by atoms with van der Waals surface area (Å²) in [5.41, 5.74) is 12.7. The van der Waals surface area contributed by atoms with Gasteiger partial charge < -0.3 is 10.5 Å². The second kappa shape index (κ2) is 10.5. The van der Waals surface area contributed by atoms with E-state index in [2.05, 4.69) is 23.0 Å². The fourth-order valence-electron chi connectivity index (χ4n) is 4.76. The topological polar surface area (TPSA) is 61.4 Å². The molecule has 3 aromatic rings. The van der Waals surface area contributed by atoms with E-state index < -0.39 is 12.3 Å². The van der Waals surface area contributed by atoms with Crippen molar-refractivity contribution in [2.24, 2.45) is 5.92 Å². The van der Waals surface area contributed by atoms with Gasteiger partial charge in [0.15, 0.2) is 6.30 Å². The zero-order valence-corrected chi connectivity index (χ0v) is 21.3. The minimum atomic E-state index is -1.29. The normalized spacial score (nSPS) is 17.9. The van der Waals surface area contributed by atoms with Gasteiger partial charge in [0, 0.05) is 21.6 Å². The molecule has 184 valence electrons. The minimum absolute atomic E-state index is 0.342. The summed E-state index contributed by atoms with van der Waals surface area (Å²) in [6.07, 6.45) is 6.73. The lowest BCUT2D eigenvalue weighted by Crippen LogP contribution is -2.15. The fraction of sp³-hybridized carbons (Fsp3) is 0.207. The van der Waals surface area contributed by atoms with Gasteiger partial charge in [-0.25, -0.2) is 14.6 Å². The Morgan fingerprint density at radius 1 is 1.08 bits per heavy atom. The lowest BCUT2D eigenvalue weighted by atomic mass is 9.73. The molecule has 1 unspecified atom stereocenters. The highest BCUT2D eigenvalue weighted by atomic mass is 35.5. The standard InChI is InChI=1S/C29H26ClFN2O2S/c1-36-21-11-12-22(24(30)16-21)28(18-3-2-4-18)27(19-8-5-17(6-9-19)7-14-26(34)35)20-10-13-25-23(15-20)29(31)33-32-25/h5-16,18,29,32-33H,2-4H2,1H3,(H,34,35)/b14-7+,28-27+. The predicted molar refractivity (Wildman–Crippen MR) is 147 cm³/mol. The van der Waals surface area contributed by atoms with Crippen LogP contribution in [-0.2, 0) is 4.79 Å². The van der Waals surface area contributed by atoms with E-state index >= 15 is 0 Å². The van der Waals surface area contributed by atoms with Crippen LogP contribution in [0.2, 0.25) is 5.02 Å². The number of fused-ring (bicyclic) bond motifs is 1. The van der Waals surface area contributed by atoms with Gasteiger partial charge in [-0.3, -0.25) is 0 Å². The number of alkyl halides is 1. The number of hydrogen-bond donors (Lipinski definition) is 3. The molecule has 0 saturated heterocycles. The average molecular weight is 521 g/mol. The molecule has 1 fully saturated rings. The second-order valence-corrected chi connectivity index (χ2v) is 10.3. The molecule has 0 bridgehead atoms. The van der Waals surface area contributed by atoms with E-state index in [0.717, 1.165) is 63.7 Å². The van der Waals surface area contributed by atoms with Crippen LogP contribution in [0.4, 0.5) is 10.1 Å². The van der Waals surface area contributed by atoms with Crippen molar-refractivity contribution in [1.82, 2.24) is 5.43 Å². The molecule has 0 spiro atoms. The van der Waals surface area contributed by atoms with Crippen molar-refractivity contribution in [2.75, 3.05) is 11.7 Å². The lowest BCUT2D eigenvalue weighted by molar-refractivity contribution is -0.131. The summed E-state index contributed by atoms with van der Waals surface area (Å²) in [4.78, 5) is 12.0. The number of nitrogens with one attached hydrogen (secondary N) is 2. The maximum atomic E-state index is 14.6. The number of aliphatic carboxylic acids is 1. The van der Waals surface area contributed by atoms with Crippen molar-refractivity contribution >= 4 is 52.2 Å². The Labute approximate surface area is 219 Å². The van der Waals surface area contributed by atoms with Crippen molar-refractivity contribution in [3.05, 3.63) is 99.6 Å². The molecule has 4 nitrogen and oxygen atoms in total.